The van der Waals surface area contributed by atoms with Crippen molar-refractivity contribution in [2.45, 2.75) is 25.3 Å². The summed E-state index contributed by atoms with van der Waals surface area (Å²) in [4.78, 5) is 10.9. The van der Waals surface area contributed by atoms with Gasteiger partial charge >= 0.3 is 5.97 Å². The van der Waals surface area contributed by atoms with Gasteiger partial charge in [-0.1, -0.05) is 29.8 Å². The van der Waals surface area contributed by atoms with Gasteiger partial charge in [-0.25, -0.2) is 0 Å². The van der Waals surface area contributed by atoms with Gasteiger partial charge < -0.3 is 15.9 Å². The zero-order chi connectivity index (χ0) is 12.5. The van der Waals surface area contributed by atoms with Crippen molar-refractivity contribution in [3.8, 4) is 5.75 Å². The van der Waals surface area contributed by atoms with Crippen LogP contribution < -0.4 is 5.73 Å². The highest BCUT2D eigenvalue weighted by molar-refractivity contribution is 9.10. The second kappa shape index (κ2) is 4.43. The van der Waals surface area contributed by atoms with Gasteiger partial charge in [0.25, 0.3) is 0 Å². The van der Waals surface area contributed by atoms with Crippen LogP contribution in [0.3, 0.4) is 0 Å². The van der Waals surface area contributed by atoms with Gasteiger partial charge in [-0.05, 0) is 18.2 Å². The summed E-state index contributed by atoms with van der Waals surface area (Å²) in [5.41, 5.74) is 5.28. The lowest BCUT2D eigenvalue weighted by Gasteiger charge is -2.29. The SMILES string of the molecule is CC(C)(c1cc(Br)ccc1O)C(N)C(=O)O. The molecule has 0 radical (unpaired) electrons. The standard InChI is InChI=1S/C11H14BrNO3/c1-11(2,9(13)10(15)16)7-5-6(12)3-4-8(7)14/h3-5,9,14H,13H2,1-2H3,(H,15,16). The maximum atomic E-state index is 10.9. The highest BCUT2D eigenvalue weighted by atomic mass is 79.9. The molecule has 1 aromatic rings. The Kier molecular flexibility index (Phi) is 3.60. The summed E-state index contributed by atoms with van der Waals surface area (Å²) in [7, 11) is 0. The molecule has 1 aromatic carbocycles. The van der Waals surface area contributed by atoms with Gasteiger partial charge in [0.2, 0.25) is 0 Å². The van der Waals surface area contributed by atoms with E-state index in [1.807, 2.05) is 0 Å². The lowest BCUT2D eigenvalue weighted by molar-refractivity contribution is -0.140. The topological polar surface area (TPSA) is 83.5 Å². The molecule has 0 amide bonds. The van der Waals surface area contributed by atoms with Crippen LogP contribution in [0.1, 0.15) is 19.4 Å². The summed E-state index contributed by atoms with van der Waals surface area (Å²) in [6, 6.07) is 3.79. The number of carbonyl (C=O) groups is 1. The smallest absolute Gasteiger partial charge is 0.321 e. The lowest BCUT2D eigenvalue weighted by atomic mass is 9.77. The number of nitrogens with two attached hydrogens (primary N) is 1. The van der Waals surface area contributed by atoms with Crippen molar-refractivity contribution in [3.05, 3.63) is 28.2 Å². The number of aliphatic carboxylic acids is 1. The van der Waals surface area contributed by atoms with E-state index in [4.69, 9.17) is 10.8 Å². The summed E-state index contributed by atoms with van der Waals surface area (Å²) in [5, 5.41) is 18.7. The van der Waals surface area contributed by atoms with Crippen molar-refractivity contribution >= 4 is 21.9 Å². The normalized spacial score (nSPS) is 13.5. The zero-order valence-electron chi connectivity index (χ0n) is 9.07. The Labute approximate surface area is 102 Å². The van der Waals surface area contributed by atoms with E-state index in [1.54, 1.807) is 26.0 Å². The summed E-state index contributed by atoms with van der Waals surface area (Å²) in [6.45, 7) is 3.38. The van der Waals surface area contributed by atoms with Crippen molar-refractivity contribution in [1.82, 2.24) is 0 Å². The van der Waals surface area contributed by atoms with Crippen LogP contribution in [-0.4, -0.2) is 22.2 Å². The molecule has 0 aliphatic carbocycles. The number of hydrogen-bond acceptors (Lipinski definition) is 3. The van der Waals surface area contributed by atoms with Gasteiger partial charge in [-0.15, -0.1) is 0 Å². The van der Waals surface area contributed by atoms with Gasteiger partial charge in [0, 0.05) is 15.5 Å². The third kappa shape index (κ3) is 2.36. The van der Waals surface area contributed by atoms with E-state index < -0.39 is 17.4 Å². The van der Waals surface area contributed by atoms with Crippen molar-refractivity contribution in [1.29, 1.82) is 0 Å². The number of aromatic hydroxyl groups is 1. The summed E-state index contributed by atoms with van der Waals surface area (Å²) >= 11 is 3.28. The third-order valence-electron chi connectivity index (χ3n) is 2.70. The van der Waals surface area contributed by atoms with Crippen molar-refractivity contribution in [2.75, 3.05) is 0 Å². The fraction of sp³-hybridized carbons (Fsp3) is 0.364. The second-order valence-electron chi connectivity index (χ2n) is 4.20. The molecule has 0 bridgehead atoms. The molecular weight excluding hydrogens is 274 g/mol. The second-order valence-corrected chi connectivity index (χ2v) is 5.11. The van der Waals surface area contributed by atoms with Crippen LogP contribution in [0.2, 0.25) is 0 Å². The largest absolute Gasteiger partial charge is 0.508 e. The van der Waals surface area contributed by atoms with Crippen molar-refractivity contribution in [3.63, 3.8) is 0 Å². The average molecular weight is 288 g/mol. The van der Waals surface area contributed by atoms with Crippen molar-refractivity contribution in [2.24, 2.45) is 5.73 Å². The van der Waals surface area contributed by atoms with E-state index in [0.29, 0.717) is 5.56 Å². The van der Waals surface area contributed by atoms with Crippen LogP contribution in [0, 0.1) is 0 Å². The number of halogens is 1. The van der Waals surface area contributed by atoms with E-state index in [0.717, 1.165) is 4.47 Å². The highest BCUT2D eigenvalue weighted by Crippen LogP contribution is 2.35. The molecule has 0 saturated carbocycles. The van der Waals surface area contributed by atoms with E-state index in [1.165, 1.54) is 6.07 Å². The fourth-order valence-electron chi connectivity index (χ4n) is 1.50. The predicted octanol–water partition coefficient (Wildman–Crippen LogP) is 1.84. The Morgan fingerprint density at radius 2 is 2.06 bits per heavy atom. The van der Waals surface area contributed by atoms with Crippen LogP contribution in [0.25, 0.3) is 0 Å². The third-order valence-corrected chi connectivity index (χ3v) is 3.19. The first-order chi connectivity index (χ1) is 7.26. The van der Waals surface area contributed by atoms with E-state index in [-0.39, 0.29) is 5.75 Å². The first kappa shape index (κ1) is 13.0. The van der Waals surface area contributed by atoms with Gasteiger partial charge in [-0.2, -0.15) is 0 Å². The molecule has 1 atom stereocenters. The van der Waals surface area contributed by atoms with Crippen molar-refractivity contribution < 1.29 is 15.0 Å². The van der Waals surface area contributed by atoms with Crippen LogP contribution in [0.4, 0.5) is 0 Å². The monoisotopic (exact) mass is 287 g/mol. The minimum Gasteiger partial charge on any atom is -0.508 e. The number of rotatable bonds is 3. The molecule has 1 rings (SSSR count). The number of phenolic OH excluding ortho intramolecular Hbond substituents is 1. The molecule has 0 aliphatic rings. The molecule has 0 aliphatic heterocycles. The Morgan fingerprint density at radius 3 is 2.56 bits per heavy atom. The van der Waals surface area contributed by atoms with Crippen LogP contribution >= 0.6 is 15.9 Å². The van der Waals surface area contributed by atoms with Crippen LogP contribution in [-0.2, 0) is 10.2 Å². The molecule has 0 aromatic heterocycles. The maximum Gasteiger partial charge on any atom is 0.321 e. The number of carboxylic acids is 1. The summed E-state index contributed by atoms with van der Waals surface area (Å²) in [5.74, 6) is -1.05. The maximum absolute atomic E-state index is 10.9. The molecule has 88 valence electrons. The number of carboxylic acid groups (broad SMARTS) is 1. The Hall–Kier alpha value is -1.07. The molecule has 0 fully saturated rings. The van der Waals surface area contributed by atoms with Gasteiger partial charge in [0.15, 0.2) is 0 Å². The molecule has 0 heterocycles. The predicted molar refractivity (Wildman–Crippen MR) is 64.4 cm³/mol. The minimum atomic E-state index is -1.09. The van der Waals surface area contributed by atoms with Crippen LogP contribution in [0.5, 0.6) is 5.75 Å². The number of benzene rings is 1. The zero-order valence-corrected chi connectivity index (χ0v) is 10.7. The molecular formula is C11H14BrNO3. The Bertz CT molecular complexity index is 418. The first-order valence-corrected chi connectivity index (χ1v) is 5.53. The van der Waals surface area contributed by atoms with Gasteiger partial charge in [0.1, 0.15) is 11.8 Å². The highest BCUT2D eigenvalue weighted by Gasteiger charge is 2.35. The van der Waals surface area contributed by atoms with Crippen LogP contribution in [0.15, 0.2) is 22.7 Å². The molecule has 4 N–H and O–H groups in total. The van der Waals surface area contributed by atoms with Gasteiger partial charge in [-0.3, -0.25) is 4.79 Å². The van der Waals surface area contributed by atoms with E-state index in [9.17, 15) is 9.90 Å². The Balaban J connectivity index is 3.25. The Morgan fingerprint density at radius 1 is 1.50 bits per heavy atom. The molecule has 4 nitrogen and oxygen atoms in total. The first-order valence-electron chi connectivity index (χ1n) is 4.74. The summed E-state index contributed by atoms with van der Waals surface area (Å²) in [6.07, 6.45) is 0. The molecule has 0 spiro atoms. The molecule has 16 heavy (non-hydrogen) atoms. The molecule has 5 heteroatoms. The quantitative estimate of drug-likeness (QED) is 0.792. The van der Waals surface area contributed by atoms with E-state index in [2.05, 4.69) is 15.9 Å². The lowest BCUT2D eigenvalue weighted by Crippen LogP contribution is -2.46. The minimum absolute atomic E-state index is 0.0462. The average Bonchev–Trinajstić information content (AvgIpc) is 2.20. The number of phenols is 1. The van der Waals surface area contributed by atoms with E-state index >= 15 is 0 Å². The van der Waals surface area contributed by atoms with Gasteiger partial charge in [0.05, 0.1) is 0 Å². The summed E-state index contributed by atoms with van der Waals surface area (Å²) < 4.78 is 0.769. The fourth-order valence-corrected chi connectivity index (χ4v) is 1.86. The number of hydrogen-bond donors (Lipinski definition) is 3. The molecule has 0 saturated heterocycles. The molecule has 1 unspecified atom stereocenters.